The van der Waals surface area contributed by atoms with Gasteiger partial charge in [0.15, 0.2) is 0 Å². The van der Waals surface area contributed by atoms with Gasteiger partial charge >= 0.3 is 0 Å². The Kier molecular flexibility index (Phi) is 5.56. The minimum atomic E-state index is -0.205. The van der Waals surface area contributed by atoms with Crippen LogP contribution in [0, 0.1) is 5.82 Å². The summed E-state index contributed by atoms with van der Waals surface area (Å²) in [5.41, 5.74) is 3.04. The summed E-state index contributed by atoms with van der Waals surface area (Å²) in [4.78, 5) is 2.33. The second-order valence-corrected chi connectivity index (χ2v) is 8.09. The Balaban J connectivity index is 1.59. The van der Waals surface area contributed by atoms with Crippen LogP contribution in [-0.2, 0) is 10.2 Å². The molecule has 4 rings (SSSR count). The van der Waals surface area contributed by atoms with Gasteiger partial charge in [-0.25, -0.2) is 4.39 Å². The van der Waals surface area contributed by atoms with Crippen molar-refractivity contribution >= 4 is 10.9 Å². The summed E-state index contributed by atoms with van der Waals surface area (Å²) in [5, 5.41) is 8.25. The molecular weight excluding hydrogens is 369 g/mol. The van der Waals surface area contributed by atoms with Gasteiger partial charge < -0.3 is 14.4 Å². The van der Waals surface area contributed by atoms with Crippen molar-refractivity contribution in [3.05, 3.63) is 59.5 Å². The summed E-state index contributed by atoms with van der Waals surface area (Å²) >= 11 is 0. The molecule has 0 spiro atoms. The van der Waals surface area contributed by atoms with E-state index in [1.54, 1.807) is 25.4 Å². The van der Waals surface area contributed by atoms with Gasteiger partial charge in [0.1, 0.15) is 11.6 Å². The van der Waals surface area contributed by atoms with Crippen LogP contribution in [0.2, 0.25) is 0 Å². The standard InChI is InChI=1S/C23H28FN3O2/c1-16(21-13-20(28-3)12-17-14-25-26-22(17)21)29-15-23(8-10-27(2)11-9-23)18-4-6-19(24)7-5-18/h4-7,12-14,16H,8-11,15H2,1-3H3,(H,25,26). The van der Waals surface area contributed by atoms with Crippen molar-refractivity contribution in [2.45, 2.75) is 31.3 Å². The predicted molar refractivity (Wildman–Crippen MR) is 112 cm³/mol. The van der Waals surface area contributed by atoms with E-state index in [2.05, 4.69) is 29.1 Å². The van der Waals surface area contributed by atoms with Gasteiger partial charge in [0.2, 0.25) is 0 Å². The minimum absolute atomic E-state index is 0.111. The highest BCUT2D eigenvalue weighted by molar-refractivity contribution is 5.83. The van der Waals surface area contributed by atoms with Crippen molar-refractivity contribution < 1.29 is 13.9 Å². The van der Waals surface area contributed by atoms with E-state index >= 15 is 0 Å². The number of nitrogens with zero attached hydrogens (tertiary/aromatic N) is 2. The lowest BCUT2D eigenvalue weighted by molar-refractivity contribution is 0.00689. The normalized spacial score (nSPS) is 18.1. The van der Waals surface area contributed by atoms with E-state index in [0.717, 1.165) is 53.7 Å². The maximum Gasteiger partial charge on any atom is 0.123 e. The molecule has 0 saturated carbocycles. The van der Waals surface area contributed by atoms with Crippen molar-refractivity contribution in [1.29, 1.82) is 0 Å². The summed E-state index contributed by atoms with van der Waals surface area (Å²) in [7, 11) is 3.81. The molecule has 3 aromatic rings. The van der Waals surface area contributed by atoms with Gasteiger partial charge in [0.05, 0.1) is 31.5 Å². The SMILES string of the molecule is COc1cc(C(C)OCC2(c3ccc(F)cc3)CCN(C)CC2)c2[nH]ncc2c1. The third kappa shape index (κ3) is 4.00. The molecule has 0 bridgehead atoms. The predicted octanol–water partition coefficient (Wildman–Crippen LogP) is 4.45. The first-order valence-corrected chi connectivity index (χ1v) is 10.1. The van der Waals surface area contributed by atoms with Crippen LogP contribution >= 0.6 is 0 Å². The number of hydrogen-bond donors (Lipinski definition) is 1. The number of hydrogen-bond acceptors (Lipinski definition) is 4. The largest absolute Gasteiger partial charge is 0.497 e. The quantitative estimate of drug-likeness (QED) is 0.668. The molecule has 5 nitrogen and oxygen atoms in total. The number of nitrogens with one attached hydrogen (secondary N) is 1. The molecular formula is C23H28FN3O2. The topological polar surface area (TPSA) is 50.4 Å². The molecule has 2 heterocycles. The second-order valence-electron chi connectivity index (χ2n) is 8.09. The minimum Gasteiger partial charge on any atom is -0.497 e. The zero-order valence-corrected chi connectivity index (χ0v) is 17.2. The van der Waals surface area contributed by atoms with E-state index in [1.165, 1.54) is 0 Å². The summed E-state index contributed by atoms with van der Waals surface area (Å²) in [5.74, 6) is 0.584. The molecule has 1 aliphatic rings. The van der Waals surface area contributed by atoms with Gasteiger partial charge in [-0.05, 0) is 69.7 Å². The van der Waals surface area contributed by atoms with E-state index in [4.69, 9.17) is 9.47 Å². The Hall–Kier alpha value is -2.44. The van der Waals surface area contributed by atoms with Gasteiger partial charge in [-0.2, -0.15) is 5.10 Å². The molecule has 0 radical (unpaired) electrons. The molecule has 2 aromatic carbocycles. The van der Waals surface area contributed by atoms with Gasteiger partial charge in [-0.3, -0.25) is 5.10 Å². The Morgan fingerprint density at radius 3 is 2.62 bits per heavy atom. The molecule has 0 aliphatic carbocycles. The number of piperidine rings is 1. The van der Waals surface area contributed by atoms with Gasteiger partial charge in [-0.15, -0.1) is 0 Å². The number of rotatable bonds is 6. The molecule has 6 heteroatoms. The maximum atomic E-state index is 13.5. The van der Waals surface area contributed by atoms with Crippen LogP contribution < -0.4 is 4.74 Å². The van der Waals surface area contributed by atoms with Gasteiger partial charge in [0, 0.05) is 16.4 Å². The first-order chi connectivity index (χ1) is 14.0. The monoisotopic (exact) mass is 397 g/mol. The fraction of sp³-hybridized carbons (Fsp3) is 0.435. The zero-order chi connectivity index (χ0) is 20.4. The van der Waals surface area contributed by atoms with Crippen LogP contribution in [0.25, 0.3) is 10.9 Å². The molecule has 1 fully saturated rings. The fourth-order valence-electron chi connectivity index (χ4n) is 4.24. The van der Waals surface area contributed by atoms with Crippen molar-refractivity contribution in [1.82, 2.24) is 15.1 Å². The van der Waals surface area contributed by atoms with Crippen LogP contribution in [0.1, 0.15) is 37.0 Å². The Labute approximate surface area is 170 Å². The summed E-state index contributed by atoms with van der Waals surface area (Å²) < 4.78 is 25.4. The molecule has 1 unspecified atom stereocenters. The lowest BCUT2D eigenvalue weighted by Gasteiger charge is -2.41. The third-order valence-electron chi connectivity index (χ3n) is 6.24. The van der Waals surface area contributed by atoms with E-state index < -0.39 is 0 Å². The Morgan fingerprint density at radius 2 is 1.93 bits per heavy atom. The number of aromatic amines is 1. The summed E-state index contributed by atoms with van der Waals surface area (Å²) in [6.07, 6.45) is 3.63. The van der Waals surface area contributed by atoms with Crippen LogP contribution in [0.15, 0.2) is 42.6 Å². The van der Waals surface area contributed by atoms with Gasteiger partial charge in [-0.1, -0.05) is 12.1 Å². The van der Waals surface area contributed by atoms with Crippen molar-refractivity contribution in [2.75, 3.05) is 33.9 Å². The zero-order valence-electron chi connectivity index (χ0n) is 17.2. The molecule has 1 aliphatic heterocycles. The Morgan fingerprint density at radius 1 is 1.21 bits per heavy atom. The number of methoxy groups -OCH3 is 1. The highest BCUT2D eigenvalue weighted by Crippen LogP contribution is 2.38. The molecule has 0 amide bonds. The molecule has 29 heavy (non-hydrogen) atoms. The van der Waals surface area contributed by atoms with Crippen LogP contribution in [0.4, 0.5) is 4.39 Å². The van der Waals surface area contributed by atoms with Gasteiger partial charge in [0.25, 0.3) is 0 Å². The maximum absolute atomic E-state index is 13.5. The smallest absolute Gasteiger partial charge is 0.123 e. The molecule has 1 aromatic heterocycles. The average Bonchev–Trinajstić information content (AvgIpc) is 3.22. The van der Waals surface area contributed by atoms with Crippen molar-refractivity contribution in [2.24, 2.45) is 0 Å². The van der Waals surface area contributed by atoms with E-state index in [0.29, 0.717) is 6.61 Å². The highest BCUT2D eigenvalue weighted by Gasteiger charge is 2.36. The fourth-order valence-corrected chi connectivity index (χ4v) is 4.24. The van der Waals surface area contributed by atoms with E-state index in [1.807, 2.05) is 24.3 Å². The molecule has 1 N–H and O–H groups in total. The van der Waals surface area contributed by atoms with Crippen LogP contribution in [-0.4, -0.2) is 49.0 Å². The third-order valence-corrected chi connectivity index (χ3v) is 6.24. The number of ether oxygens (including phenoxy) is 2. The summed E-state index contributed by atoms with van der Waals surface area (Å²) in [6, 6.07) is 10.9. The lowest BCUT2D eigenvalue weighted by atomic mass is 9.73. The average molecular weight is 397 g/mol. The number of aromatic nitrogens is 2. The van der Waals surface area contributed by atoms with E-state index in [9.17, 15) is 4.39 Å². The number of fused-ring (bicyclic) bond motifs is 1. The number of H-pyrrole nitrogens is 1. The lowest BCUT2D eigenvalue weighted by Crippen LogP contribution is -2.44. The first-order valence-electron chi connectivity index (χ1n) is 10.1. The Bertz CT molecular complexity index is 962. The summed E-state index contributed by atoms with van der Waals surface area (Å²) in [6.45, 7) is 4.64. The highest BCUT2D eigenvalue weighted by atomic mass is 19.1. The number of benzene rings is 2. The number of likely N-dealkylation sites (tertiary alicyclic amines) is 1. The van der Waals surface area contributed by atoms with Crippen molar-refractivity contribution in [3.63, 3.8) is 0 Å². The molecule has 1 saturated heterocycles. The molecule has 154 valence electrons. The second kappa shape index (κ2) is 8.13. The van der Waals surface area contributed by atoms with Crippen LogP contribution in [0.5, 0.6) is 5.75 Å². The number of halogens is 1. The first kappa shape index (κ1) is 19.9. The van der Waals surface area contributed by atoms with Crippen LogP contribution in [0.3, 0.4) is 0 Å². The molecule has 1 atom stereocenters. The van der Waals surface area contributed by atoms with Crippen molar-refractivity contribution in [3.8, 4) is 5.75 Å². The van der Waals surface area contributed by atoms with E-state index in [-0.39, 0.29) is 17.3 Å².